The Morgan fingerprint density at radius 1 is 1.80 bits per heavy atom. The van der Waals surface area contributed by atoms with Crippen molar-refractivity contribution < 1.29 is 5.11 Å². The summed E-state index contributed by atoms with van der Waals surface area (Å²) in [4.78, 5) is 0. The van der Waals surface area contributed by atoms with Crippen LogP contribution in [0.15, 0.2) is 11.6 Å². The van der Waals surface area contributed by atoms with E-state index in [1.165, 1.54) is 0 Å². The van der Waals surface area contributed by atoms with Gasteiger partial charge in [0, 0.05) is 24.2 Å². The van der Waals surface area contributed by atoms with Gasteiger partial charge in [-0.1, -0.05) is 18.2 Å². The maximum Gasteiger partial charge on any atom is 0.0445 e. The molecule has 10 heavy (non-hydrogen) atoms. The van der Waals surface area contributed by atoms with Crippen molar-refractivity contribution in [3.05, 3.63) is 11.6 Å². The summed E-state index contributed by atoms with van der Waals surface area (Å²) >= 11 is 5.50. The van der Waals surface area contributed by atoms with Crippen LogP contribution in [0.25, 0.3) is 0 Å². The first-order valence-corrected chi connectivity index (χ1v) is 3.72. The van der Waals surface area contributed by atoms with Crippen molar-refractivity contribution in [2.24, 2.45) is 0 Å². The molecule has 0 aliphatic carbocycles. The van der Waals surface area contributed by atoms with Gasteiger partial charge < -0.3 is 10.4 Å². The number of aliphatic hydroxyl groups is 1. The van der Waals surface area contributed by atoms with Crippen LogP contribution in [0.1, 0.15) is 13.3 Å². The van der Waals surface area contributed by atoms with Crippen LogP contribution >= 0.6 is 11.6 Å². The molecule has 0 aromatic carbocycles. The first-order valence-electron chi connectivity index (χ1n) is 3.34. The van der Waals surface area contributed by atoms with E-state index in [0.29, 0.717) is 17.6 Å². The lowest BCUT2D eigenvalue weighted by Crippen LogP contribution is -2.27. The van der Waals surface area contributed by atoms with Gasteiger partial charge in [0.2, 0.25) is 0 Å². The van der Waals surface area contributed by atoms with Gasteiger partial charge in [-0.3, -0.25) is 0 Å². The number of hydrogen-bond acceptors (Lipinski definition) is 2. The molecule has 0 aliphatic rings. The molecular formula is C7H14ClNO. The van der Waals surface area contributed by atoms with Gasteiger partial charge in [-0.05, 0) is 13.3 Å². The molecule has 60 valence electrons. The fraction of sp³-hybridized carbons (Fsp3) is 0.714. The first-order chi connectivity index (χ1) is 4.66. The molecule has 0 rings (SSSR count). The second-order valence-corrected chi connectivity index (χ2v) is 2.85. The molecule has 0 bridgehead atoms. The van der Waals surface area contributed by atoms with E-state index in [9.17, 15) is 0 Å². The third kappa shape index (κ3) is 6.08. The molecule has 2 nitrogen and oxygen atoms in total. The monoisotopic (exact) mass is 163 g/mol. The molecule has 1 atom stereocenters. The summed E-state index contributed by atoms with van der Waals surface area (Å²) in [6.07, 6.45) is 0.754. The van der Waals surface area contributed by atoms with Crippen LogP contribution in [0, 0.1) is 0 Å². The van der Waals surface area contributed by atoms with Crippen LogP contribution in [-0.4, -0.2) is 24.3 Å². The average Bonchev–Trinajstić information content (AvgIpc) is 1.85. The number of aliphatic hydroxyl groups excluding tert-OH is 1. The minimum Gasteiger partial charge on any atom is -0.396 e. The predicted octanol–water partition coefficient (Wildman–Crippen LogP) is 1.10. The van der Waals surface area contributed by atoms with E-state index in [-0.39, 0.29) is 6.61 Å². The highest BCUT2D eigenvalue weighted by molar-refractivity contribution is 6.29. The topological polar surface area (TPSA) is 32.3 Å². The molecule has 0 aliphatic heterocycles. The summed E-state index contributed by atoms with van der Waals surface area (Å²) in [6.45, 7) is 6.35. The van der Waals surface area contributed by atoms with Crippen molar-refractivity contribution in [3.8, 4) is 0 Å². The van der Waals surface area contributed by atoms with Crippen LogP contribution in [0.3, 0.4) is 0 Å². The Balaban J connectivity index is 3.21. The number of hydrogen-bond donors (Lipinski definition) is 2. The van der Waals surface area contributed by atoms with Gasteiger partial charge in [0.15, 0.2) is 0 Å². The zero-order chi connectivity index (χ0) is 7.98. The summed E-state index contributed by atoms with van der Waals surface area (Å²) < 4.78 is 0. The van der Waals surface area contributed by atoms with Crippen molar-refractivity contribution in [2.75, 3.05) is 13.2 Å². The quantitative estimate of drug-likeness (QED) is 0.636. The van der Waals surface area contributed by atoms with Gasteiger partial charge in [-0.25, -0.2) is 0 Å². The molecular weight excluding hydrogens is 150 g/mol. The molecule has 3 heteroatoms. The lowest BCUT2D eigenvalue weighted by Gasteiger charge is -2.10. The molecule has 0 spiro atoms. The van der Waals surface area contributed by atoms with Gasteiger partial charge in [-0.2, -0.15) is 0 Å². The highest BCUT2D eigenvalue weighted by Gasteiger charge is 1.98. The van der Waals surface area contributed by atoms with Crippen LogP contribution in [0.5, 0.6) is 0 Å². The zero-order valence-corrected chi connectivity index (χ0v) is 6.99. The fourth-order valence-electron chi connectivity index (χ4n) is 0.581. The molecule has 0 heterocycles. The van der Waals surface area contributed by atoms with E-state index in [1.807, 2.05) is 6.92 Å². The molecule has 0 radical (unpaired) electrons. The average molecular weight is 164 g/mol. The highest BCUT2D eigenvalue weighted by Crippen LogP contribution is 1.95. The summed E-state index contributed by atoms with van der Waals surface area (Å²) in [5.74, 6) is 0. The second kappa shape index (κ2) is 5.71. The summed E-state index contributed by atoms with van der Waals surface area (Å²) in [6, 6.07) is 0.306. The SMILES string of the molecule is C=C(Cl)CNC(C)CCO. The Hall–Kier alpha value is -0.0500. The lowest BCUT2D eigenvalue weighted by molar-refractivity contribution is 0.270. The molecule has 0 saturated heterocycles. The van der Waals surface area contributed by atoms with E-state index in [0.717, 1.165) is 6.42 Å². The van der Waals surface area contributed by atoms with Crippen molar-refractivity contribution in [3.63, 3.8) is 0 Å². The van der Waals surface area contributed by atoms with Crippen molar-refractivity contribution >= 4 is 11.6 Å². The smallest absolute Gasteiger partial charge is 0.0445 e. The molecule has 0 saturated carbocycles. The van der Waals surface area contributed by atoms with Crippen molar-refractivity contribution in [1.29, 1.82) is 0 Å². The highest BCUT2D eigenvalue weighted by atomic mass is 35.5. The maximum atomic E-state index is 8.51. The minimum atomic E-state index is 0.211. The van der Waals surface area contributed by atoms with Crippen molar-refractivity contribution in [2.45, 2.75) is 19.4 Å². The Kier molecular flexibility index (Phi) is 5.69. The van der Waals surface area contributed by atoms with Gasteiger partial charge in [0.05, 0.1) is 0 Å². The Morgan fingerprint density at radius 3 is 2.80 bits per heavy atom. The number of nitrogens with one attached hydrogen (secondary N) is 1. The normalized spacial score (nSPS) is 13.1. The fourth-order valence-corrected chi connectivity index (χ4v) is 0.658. The lowest BCUT2D eigenvalue weighted by atomic mass is 10.2. The molecule has 0 aromatic rings. The third-order valence-corrected chi connectivity index (χ3v) is 1.34. The maximum absolute atomic E-state index is 8.51. The Morgan fingerprint density at radius 2 is 2.40 bits per heavy atom. The van der Waals surface area contributed by atoms with E-state index in [4.69, 9.17) is 16.7 Å². The minimum absolute atomic E-state index is 0.211. The zero-order valence-electron chi connectivity index (χ0n) is 6.23. The number of rotatable bonds is 5. The van der Waals surface area contributed by atoms with Gasteiger partial charge in [0.1, 0.15) is 0 Å². The molecule has 0 fully saturated rings. The largest absolute Gasteiger partial charge is 0.396 e. The van der Waals surface area contributed by atoms with Crippen LogP contribution in [-0.2, 0) is 0 Å². The summed E-state index contributed by atoms with van der Waals surface area (Å²) in [5, 5.41) is 12.2. The van der Waals surface area contributed by atoms with Crippen LogP contribution in [0.4, 0.5) is 0 Å². The molecule has 2 N–H and O–H groups in total. The first kappa shape index (κ1) is 9.95. The second-order valence-electron chi connectivity index (χ2n) is 2.31. The van der Waals surface area contributed by atoms with Gasteiger partial charge in [-0.15, -0.1) is 0 Å². The Labute approximate surface area is 66.9 Å². The summed E-state index contributed by atoms with van der Waals surface area (Å²) in [7, 11) is 0. The van der Waals surface area contributed by atoms with E-state index in [1.54, 1.807) is 0 Å². The number of halogens is 1. The molecule has 0 aromatic heterocycles. The Bertz CT molecular complexity index is 106. The third-order valence-electron chi connectivity index (χ3n) is 1.20. The van der Waals surface area contributed by atoms with E-state index >= 15 is 0 Å². The van der Waals surface area contributed by atoms with Crippen molar-refractivity contribution in [1.82, 2.24) is 5.32 Å². The van der Waals surface area contributed by atoms with E-state index < -0.39 is 0 Å². The van der Waals surface area contributed by atoms with Gasteiger partial charge >= 0.3 is 0 Å². The molecule has 1 unspecified atom stereocenters. The van der Waals surface area contributed by atoms with Crippen LogP contribution in [0.2, 0.25) is 0 Å². The molecule has 0 amide bonds. The standard InChI is InChI=1S/C7H14ClNO/c1-6(8)5-9-7(2)3-4-10/h7,9-10H,1,3-5H2,2H3. The predicted molar refractivity (Wildman–Crippen MR) is 44.2 cm³/mol. The van der Waals surface area contributed by atoms with Gasteiger partial charge in [0.25, 0.3) is 0 Å². The summed E-state index contributed by atoms with van der Waals surface area (Å²) in [5.41, 5.74) is 0. The van der Waals surface area contributed by atoms with E-state index in [2.05, 4.69) is 11.9 Å². The van der Waals surface area contributed by atoms with Crippen LogP contribution < -0.4 is 5.32 Å².